The van der Waals surface area contributed by atoms with Crippen molar-refractivity contribution in [3.05, 3.63) is 65.7 Å². The molecule has 9 nitrogen and oxygen atoms in total. The van der Waals surface area contributed by atoms with E-state index < -0.39 is 0 Å². The molecule has 1 aromatic heterocycles. The molecule has 10 heteroatoms. The summed E-state index contributed by atoms with van der Waals surface area (Å²) in [7, 11) is 4.57. The van der Waals surface area contributed by atoms with Crippen LogP contribution in [0.3, 0.4) is 0 Å². The van der Waals surface area contributed by atoms with Gasteiger partial charge in [-0.1, -0.05) is 41.0 Å². The summed E-state index contributed by atoms with van der Waals surface area (Å²) in [5, 5.41) is 7.32. The molecule has 1 amide bonds. The summed E-state index contributed by atoms with van der Waals surface area (Å²) in [5.74, 6) is 1.94. The Hall–Kier alpha value is -4.24. The van der Waals surface area contributed by atoms with E-state index in [4.69, 9.17) is 35.1 Å². The molecule has 0 atom stereocenters. The Morgan fingerprint density at radius 1 is 0.943 bits per heavy atom. The number of nitrogens with one attached hydrogen (secondary N) is 1. The number of anilines is 1. The third kappa shape index (κ3) is 5.30. The van der Waals surface area contributed by atoms with Crippen molar-refractivity contribution in [2.75, 3.05) is 33.3 Å². The minimum atomic E-state index is -0.373. The first kappa shape index (κ1) is 23.9. The van der Waals surface area contributed by atoms with Gasteiger partial charge < -0.3 is 28.8 Å². The van der Waals surface area contributed by atoms with Crippen LogP contribution in [0.25, 0.3) is 22.8 Å². The van der Waals surface area contributed by atoms with Crippen molar-refractivity contribution in [3.63, 3.8) is 0 Å². The number of methoxy groups -OCH3 is 3. The molecule has 0 bridgehead atoms. The lowest BCUT2D eigenvalue weighted by molar-refractivity contribution is -0.118. The molecule has 0 radical (unpaired) electrons. The van der Waals surface area contributed by atoms with E-state index in [2.05, 4.69) is 15.5 Å². The molecule has 0 aliphatic carbocycles. The molecule has 0 aliphatic heterocycles. The van der Waals surface area contributed by atoms with Crippen LogP contribution in [0.4, 0.5) is 5.69 Å². The highest BCUT2D eigenvalue weighted by Gasteiger charge is 2.19. The molecule has 0 spiro atoms. The van der Waals surface area contributed by atoms with Crippen LogP contribution >= 0.6 is 11.6 Å². The zero-order chi connectivity index (χ0) is 24.8. The maximum absolute atomic E-state index is 12.5. The monoisotopic (exact) mass is 495 g/mol. The molecule has 0 saturated carbocycles. The van der Waals surface area contributed by atoms with Gasteiger partial charge in [0.05, 0.1) is 37.6 Å². The Kier molecular flexibility index (Phi) is 7.37. The molecule has 3 aromatic carbocycles. The highest BCUT2D eigenvalue weighted by molar-refractivity contribution is 6.32. The zero-order valence-corrected chi connectivity index (χ0v) is 20.0. The second kappa shape index (κ2) is 10.8. The first-order chi connectivity index (χ1) is 17.0. The van der Waals surface area contributed by atoms with Crippen LogP contribution in [-0.2, 0) is 4.79 Å². The van der Waals surface area contributed by atoms with Crippen LogP contribution in [0, 0.1) is 0 Å². The van der Waals surface area contributed by atoms with Gasteiger partial charge in [0.25, 0.3) is 11.8 Å². The maximum atomic E-state index is 12.5. The molecule has 1 heterocycles. The quantitative estimate of drug-likeness (QED) is 0.342. The average molecular weight is 496 g/mol. The molecule has 0 saturated heterocycles. The van der Waals surface area contributed by atoms with E-state index in [0.29, 0.717) is 50.7 Å². The van der Waals surface area contributed by atoms with Gasteiger partial charge in [-0.25, -0.2) is 0 Å². The fourth-order valence-corrected chi connectivity index (χ4v) is 3.52. The lowest BCUT2D eigenvalue weighted by Crippen LogP contribution is -2.20. The Bertz CT molecular complexity index is 1320. The number of nitrogens with zero attached hydrogens (tertiary/aromatic N) is 2. The predicted molar refractivity (Wildman–Crippen MR) is 130 cm³/mol. The van der Waals surface area contributed by atoms with Gasteiger partial charge >= 0.3 is 0 Å². The van der Waals surface area contributed by atoms with Crippen molar-refractivity contribution < 1.29 is 28.3 Å². The van der Waals surface area contributed by atoms with E-state index >= 15 is 0 Å². The van der Waals surface area contributed by atoms with Crippen LogP contribution in [0.2, 0.25) is 5.02 Å². The third-order valence-corrected chi connectivity index (χ3v) is 5.29. The van der Waals surface area contributed by atoms with Crippen LogP contribution in [0.15, 0.2) is 65.2 Å². The fourth-order valence-electron chi connectivity index (χ4n) is 3.33. The number of benzene rings is 3. The smallest absolute Gasteiger partial charge is 0.262 e. The van der Waals surface area contributed by atoms with Gasteiger partial charge in [-0.3, -0.25) is 4.79 Å². The average Bonchev–Trinajstić information content (AvgIpc) is 3.38. The first-order valence-electron chi connectivity index (χ1n) is 10.4. The molecule has 0 aliphatic rings. The molecule has 1 N–H and O–H groups in total. The Labute approximate surface area is 206 Å². The fraction of sp³-hybridized carbons (Fsp3) is 0.160. The highest BCUT2D eigenvalue weighted by Crippen LogP contribution is 2.41. The SMILES string of the molecule is COc1cc(-c2noc(-c3ccccc3NC(=O)COc3ccccc3Cl)n2)cc(OC)c1OC. The number of aromatic nitrogens is 2. The predicted octanol–water partition coefficient (Wildman–Crippen LogP) is 5.10. The first-order valence-corrected chi connectivity index (χ1v) is 10.8. The maximum Gasteiger partial charge on any atom is 0.262 e. The third-order valence-electron chi connectivity index (χ3n) is 4.98. The largest absolute Gasteiger partial charge is 0.493 e. The van der Waals surface area contributed by atoms with Crippen LogP contribution < -0.4 is 24.3 Å². The number of hydrogen-bond acceptors (Lipinski definition) is 8. The summed E-state index contributed by atoms with van der Waals surface area (Å²) in [4.78, 5) is 17.0. The number of ether oxygens (including phenoxy) is 4. The number of carbonyl (C=O) groups excluding carboxylic acids is 1. The van der Waals surface area contributed by atoms with Crippen LogP contribution in [-0.4, -0.2) is 44.0 Å². The van der Waals surface area contributed by atoms with E-state index in [0.717, 1.165) is 0 Å². The van der Waals surface area contributed by atoms with E-state index in [1.807, 2.05) is 0 Å². The molecular formula is C25H22ClN3O6. The molecule has 0 fully saturated rings. The van der Waals surface area contributed by atoms with Gasteiger partial charge in [-0.05, 0) is 36.4 Å². The summed E-state index contributed by atoms with van der Waals surface area (Å²) in [5.41, 5.74) is 1.63. The number of carbonyl (C=O) groups is 1. The minimum Gasteiger partial charge on any atom is -0.493 e. The normalized spacial score (nSPS) is 10.5. The van der Waals surface area contributed by atoms with Crippen LogP contribution in [0.1, 0.15) is 0 Å². The van der Waals surface area contributed by atoms with E-state index in [9.17, 15) is 4.79 Å². The molecular weight excluding hydrogens is 474 g/mol. The number of para-hydroxylation sites is 2. The van der Waals surface area contributed by atoms with Gasteiger partial charge in [-0.15, -0.1) is 0 Å². The van der Waals surface area contributed by atoms with Gasteiger partial charge in [-0.2, -0.15) is 4.98 Å². The minimum absolute atomic E-state index is 0.219. The molecule has 4 aromatic rings. The summed E-state index contributed by atoms with van der Waals surface area (Å²) >= 11 is 6.07. The Balaban J connectivity index is 1.56. The second-order valence-corrected chi connectivity index (χ2v) is 7.56. The molecule has 0 unspecified atom stereocenters. The Morgan fingerprint density at radius 2 is 1.63 bits per heavy atom. The molecule has 4 rings (SSSR count). The van der Waals surface area contributed by atoms with E-state index in [1.54, 1.807) is 60.7 Å². The summed E-state index contributed by atoms with van der Waals surface area (Å²) in [6.07, 6.45) is 0. The number of amides is 1. The molecule has 180 valence electrons. The standard InChI is InChI=1S/C25H22ClN3O6/c1-31-20-12-15(13-21(32-2)23(20)33-3)24-28-25(35-29-24)16-8-4-6-10-18(16)27-22(30)14-34-19-11-7-5-9-17(19)26/h4-13H,14H2,1-3H3,(H,27,30). The van der Waals surface area contributed by atoms with Gasteiger partial charge in [0.2, 0.25) is 11.6 Å². The van der Waals surface area contributed by atoms with Gasteiger partial charge in [0.15, 0.2) is 18.1 Å². The number of rotatable bonds is 9. The Morgan fingerprint density at radius 3 is 2.31 bits per heavy atom. The van der Waals surface area contributed by atoms with Crippen molar-refractivity contribution in [2.45, 2.75) is 0 Å². The van der Waals surface area contributed by atoms with E-state index in [1.165, 1.54) is 21.3 Å². The van der Waals surface area contributed by atoms with Crippen molar-refractivity contribution in [1.82, 2.24) is 10.1 Å². The van der Waals surface area contributed by atoms with Crippen molar-refractivity contribution in [2.24, 2.45) is 0 Å². The number of halogens is 1. The topological polar surface area (TPSA) is 105 Å². The van der Waals surface area contributed by atoms with Gasteiger partial charge in [0.1, 0.15) is 5.75 Å². The van der Waals surface area contributed by atoms with Gasteiger partial charge in [0, 0.05) is 5.56 Å². The zero-order valence-electron chi connectivity index (χ0n) is 19.2. The van der Waals surface area contributed by atoms with Crippen molar-refractivity contribution >= 4 is 23.2 Å². The number of hydrogen-bond donors (Lipinski definition) is 1. The van der Waals surface area contributed by atoms with E-state index in [-0.39, 0.29) is 18.4 Å². The summed E-state index contributed by atoms with van der Waals surface area (Å²) < 4.78 is 27.2. The summed E-state index contributed by atoms with van der Waals surface area (Å²) in [6.45, 7) is -0.224. The van der Waals surface area contributed by atoms with Crippen molar-refractivity contribution in [1.29, 1.82) is 0 Å². The van der Waals surface area contributed by atoms with Crippen LogP contribution in [0.5, 0.6) is 23.0 Å². The lowest BCUT2D eigenvalue weighted by atomic mass is 10.1. The summed E-state index contributed by atoms with van der Waals surface area (Å²) in [6, 6.07) is 17.4. The lowest BCUT2D eigenvalue weighted by Gasteiger charge is -2.12. The van der Waals surface area contributed by atoms with Crippen molar-refractivity contribution in [3.8, 4) is 45.8 Å². The second-order valence-electron chi connectivity index (χ2n) is 7.15. The molecule has 35 heavy (non-hydrogen) atoms. The highest BCUT2D eigenvalue weighted by atomic mass is 35.5.